The average Bonchev–Trinajstić information content (AvgIpc) is 3.21. The van der Waals surface area contributed by atoms with E-state index in [1.165, 1.54) is 0 Å². The van der Waals surface area contributed by atoms with Crippen molar-refractivity contribution in [3.8, 4) is 0 Å². The summed E-state index contributed by atoms with van der Waals surface area (Å²) in [7, 11) is -4.22. The van der Waals surface area contributed by atoms with Gasteiger partial charge in [0.05, 0.1) is 10.5 Å². The Morgan fingerprint density at radius 2 is 2.05 bits per heavy atom. The van der Waals surface area contributed by atoms with Gasteiger partial charge in [0.1, 0.15) is 0 Å². The van der Waals surface area contributed by atoms with Gasteiger partial charge >= 0.3 is 0 Å². The van der Waals surface area contributed by atoms with Crippen LogP contribution < -0.4 is 10.5 Å². The zero-order valence-electron chi connectivity index (χ0n) is 11.4. The average molecular weight is 318 g/mol. The zero-order valence-corrected chi connectivity index (χ0v) is 12.2. The van der Waals surface area contributed by atoms with E-state index in [0.29, 0.717) is 18.5 Å². The largest absolute Gasteiger partial charge is 0.352 e. The highest BCUT2D eigenvalue weighted by Gasteiger charge is 2.28. The first-order valence-corrected chi connectivity index (χ1v) is 8.05. The molecule has 1 atom stereocenters. The topological polar surface area (TPSA) is 89.3 Å². The molecule has 1 saturated carbocycles. The van der Waals surface area contributed by atoms with Gasteiger partial charge in [0.25, 0.3) is 5.91 Å². The van der Waals surface area contributed by atoms with Crippen LogP contribution in [-0.4, -0.2) is 20.9 Å². The van der Waals surface area contributed by atoms with E-state index in [9.17, 15) is 22.0 Å². The van der Waals surface area contributed by atoms with Gasteiger partial charge in [-0.1, -0.05) is 6.92 Å². The first-order chi connectivity index (χ1) is 9.70. The lowest BCUT2D eigenvalue weighted by Crippen LogP contribution is -2.30. The smallest absolute Gasteiger partial charge is 0.254 e. The fourth-order valence-corrected chi connectivity index (χ4v) is 2.62. The van der Waals surface area contributed by atoms with Crippen molar-refractivity contribution in [2.75, 3.05) is 6.54 Å². The Hall–Kier alpha value is -1.54. The minimum absolute atomic E-state index is 0.239. The summed E-state index contributed by atoms with van der Waals surface area (Å²) in [6.07, 6.45) is 2.20. The molecule has 1 amide bonds. The summed E-state index contributed by atoms with van der Waals surface area (Å²) >= 11 is 0. The number of nitrogens with two attached hydrogens (primary N) is 1. The number of benzene rings is 1. The van der Waals surface area contributed by atoms with Gasteiger partial charge in [0.15, 0.2) is 11.6 Å². The third-order valence-corrected chi connectivity index (χ3v) is 4.48. The maximum absolute atomic E-state index is 13.6. The zero-order chi connectivity index (χ0) is 15.8. The van der Waals surface area contributed by atoms with E-state index in [2.05, 4.69) is 5.32 Å². The molecule has 1 aromatic carbocycles. The third-order valence-electron chi connectivity index (χ3n) is 3.59. The Labute approximate surface area is 121 Å². The number of carbonyl (C=O) groups is 1. The van der Waals surface area contributed by atoms with Gasteiger partial charge in [-0.25, -0.2) is 22.3 Å². The Morgan fingerprint density at radius 3 is 2.57 bits per heavy atom. The Bertz CT molecular complexity index is 672. The number of rotatable bonds is 5. The summed E-state index contributed by atoms with van der Waals surface area (Å²) in [6, 6.07) is 1.19. The first kappa shape index (κ1) is 15.8. The van der Waals surface area contributed by atoms with Crippen molar-refractivity contribution in [2.45, 2.75) is 24.7 Å². The molecule has 0 radical (unpaired) electrons. The molecule has 1 aliphatic rings. The second-order valence-electron chi connectivity index (χ2n) is 5.34. The Morgan fingerprint density at radius 1 is 1.43 bits per heavy atom. The van der Waals surface area contributed by atoms with Gasteiger partial charge in [0.2, 0.25) is 10.0 Å². The summed E-state index contributed by atoms with van der Waals surface area (Å²) in [5.74, 6) is -2.89. The molecule has 0 saturated heterocycles. The molecule has 3 N–H and O–H groups in total. The van der Waals surface area contributed by atoms with Crippen molar-refractivity contribution in [1.29, 1.82) is 0 Å². The highest BCUT2D eigenvalue weighted by molar-refractivity contribution is 7.89. The van der Waals surface area contributed by atoms with Gasteiger partial charge in [-0.05, 0) is 36.8 Å². The number of nitrogens with one attached hydrogen (secondary N) is 1. The number of carbonyl (C=O) groups excluding carboxylic acids is 1. The van der Waals surface area contributed by atoms with Crippen molar-refractivity contribution in [3.63, 3.8) is 0 Å². The van der Waals surface area contributed by atoms with Gasteiger partial charge in [-0.3, -0.25) is 4.79 Å². The van der Waals surface area contributed by atoms with Crippen LogP contribution in [0.5, 0.6) is 0 Å². The molecule has 1 unspecified atom stereocenters. The molecular weight excluding hydrogens is 302 g/mol. The fraction of sp³-hybridized carbons (Fsp3) is 0.462. The molecule has 8 heteroatoms. The molecule has 0 aliphatic heterocycles. The molecule has 0 bridgehead atoms. The predicted octanol–water partition coefficient (Wildman–Crippen LogP) is 1.39. The van der Waals surface area contributed by atoms with Gasteiger partial charge < -0.3 is 5.32 Å². The molecule has 0 spiro atoms. The normalized spacial score (nSPS) is 16.6. The molecule has 1 fully saturated rings. The number of hydrogen-bond acceptors (Lipinski definition) is 3. The molecule has 1 aliphatic carbocycles. The number of amides is 1. The molecule has 116 valence electrons. The van der Waals surface area contributed by atoms with Crippen LogP contribution in [0.1, 0.15) is 30.1 Å². The molecule has 0 heterocycles. The van der Waals surface area contributed by atoms with Crippen LogP contribution in [0.15, 0.2) is 17.0 Å². The number of halogens is 2. The number of primary sulfonamides is 1. The number of sulfonamides is 1. The summed E-state index contributed by atoms with van der Waals surface area (Å²) < 4.78 is 49.4. The molecule has 1 aromatic rings. The van der Waals surface area contributed by atoms with E-state index < -0.39 is 38.0 Å². The summed E-state index contributed by atoms with van der Waals surface area (Å²) in [4.78, 5) is 11.3. The van der Waals surface area contributed by atoms with Crippen LogP contribution in [0, 0.1) is 23.5 Å². The fourth-order valence-electron chi connectivity index (χ4n) is 2.07. The van der Waals surface area contributed by atoms with Gasteiger partial charge in [0, 0.05) is 6.54 Å². The van der Waals surface area contributed by atoms with Crippen LogP contribution in [0.2, 0.25) is 0 Å². The van der Waals surface area contributed by atoms with Crippen molar-refractivity contribution in [2.24, 2.45) is 17.0 Å². The predicted molar refractivity (Wildman–Crippen MR) is 72.0 cm³/mol. The van der Waals surface area contributed by atoms with Crippen LogP contribution in [-0.2, 0) is 10.0 Å². The van der Waals surface area contributed by atoms with Crippen molar-refractivity contribution in [3.05, 3.63) is 29.3 Å². The van der Waals surface area contributed by atoms with E-state index in [0.717, 1.165) is 18.9 Å². The minimum Gasteiger partial charge on any atom is -0.352 e. The Kier molecular flexibility index (Phi) is 4.29. The van der Waals surface area contributed by atoms with E-state index in [4.69, 9.17) is 5.14 Å². The standard InChI is InChI=1S/C13H16F2N2O3S/c1-7(8-2-3-8)6-17-13(18)10-4-9(21(16,19)20)5-11(14)12(10)15/h4-5,7-8H,2-3,6H2,1H3,(H,17,18)(H2,16,19,20). The van der Waals surface area contributed by atoms with Gasteiger partial charge in [-0.2, -0.15) is 0 Å². The first-order valence-electron chi connectivity index (χ1n) is 6.50. The highest BCUT2D eigenvalue weighted by atomic mass is 32.2. The van der Waals surface area contributed by atoms with Crippen LogP contribution >= 0.6 is 0 Å². The van der Waals surface area contributed by atoms with Crippen molar-refractivity contribution >= 4 is 15.9 Å². The molecule has 21 heavy (non-hydrogen) atoms. The lowest BCUT2D eigenvalue weighted by atomic mass is 10.1. The van der Waals surface area contributed by atoms with E-state index in [1.807, 2.05) is 6.92 Å². The monoisotopic (exact) mass is 318 g/mol. The second-order valence-corrected chi connectivity index (χ2v) is 6.90. The molecule has 0 aromatic heterocycles. The Balaban J connectivity index is 2.21. The summed E-state index contributed by atoms with van der Waals surface area (Å²) in [6.45, 7) is 2.28. The SMILES string of the molecule is CC(CNC(=O)c1cc(S(N)(=O)=O)cc(F)c1F)C1CC1. The lowest BCUT2D eigenvalue weighted by Gasteiger charge is -2.12. The van der Waals surface area contributed by atoms with Crippen LogP contribution in [0.25, 0.3) is 0 Å². The summed E-state index contributed by atoms with van der Waals surface area (Å²) in [5.41, 5.74) is -0.665. The van der Waals surface area contributed by atoms with Gasteiger partial charge in [-0.15, -0.1) is 0 Å². The maximum Gasteiger partial charge on any atom is 0.254 e. The molecule has 5 nitrogen and oxygen atoms in total. The van der Waals surface area contributed by atoms with Crippen LogP contribution in [0.4, 0.5) is 8.78 Å². The van der Waals surface area contributed by atoms with E-state index in [-0.39, 0.29) is 5.92 Å². The molecular formula is C13H16F2N2O3S. The van der Waals surface area contributed by atoms with Crippen LogP contribution in [0.3, 0.4) is 0 Å². The van der Waals surface area contributed by atoms with Crippen molar-refractivity contribution in [1.82, 2.24) is 5.32 Å². The molecule has 2 rings (SSSR count). The number of hydrogen-bond donors (Lipinski definition) is 2. The second kappa shape index (κ2) is 5.69. The summed E-state index contributed by atoms with van der Waals surface area (Å²) in [5, 5.41) is 7.35. The third kappa shape index (κ3) is 3.76. The highest BCUT2D eigenvalue weighted by Crippen LogP contribution is 2.36. The van der Waals surface area contributed by atoms with E-state index >= 15 is 0 Å². The maximum atomic E-state index is 13.6. The minimum atomic E-state index is -4.22. The van der Waals surface area contributed by atoms with Crippen molar-refractivity contribution < 1.29 is 22.0 Å². The quantitative estimate of drug-likeness (QED) is 0.859. The lowest BCUT2D eigenvalue weighted by molar-refractivity contribution is 0.0941. The van der Waals surface area contributed by atoms with E-state index in [1.54, 1.807) is 0 Å².